The summed E-state index contributed by atoms with van der Waals surface area (Å²) >= 11 is 0. The first-order valence-corrected chi connectivity index (χ1v) is 11.9. The Balaban J connectivity index is 1.72. The number of ether oxygens (including phenoxy) is 2. The molecule has 1 saturated heterocycles. The van der Waals surface area contributed by atoms with Crippen molar-refractivity contribution in [1.29, 1.82) is 0 Å². The predicted octanol–water partition coefficient (Wildman–Crippen LogP) is 4.69. The maximum absolute atomic E-state index is 12.6. The van der Waals surface area contributed by atoms with Crippen LogP contribution in [0.25, 0.3) is 0 Å². The first kappa shape index (κ1) is 26.8. The number of benzene rings is 2. The summed E-state index contributed by atoms with van der Waals surface area (Å²) in [6.07, 6.45) is -0.643. The van der Waals surface area contributed by atoms with Gasteiger partial charge in [0.2, 0.25) is 0 Å². The highest BCUT2D eigenvalue weighted by atomic mass is 16.7. The number of esters is 1. The van der Waals surface area contributed by atoms with E-state index in [0.29, 0.717) is 0 Å². The van der Waals surface area contributed by atoms with Crippen molar-refractivity contribution < 1.29 is 28.4 Å². The third-order valence-electron chi connectivity index (χ3n) is 6.17. The van der Waals surface area contributed by atoms with Crippen molar-refractivity contribution in [3.63, 3.8) is 0 Å². The van der Waals surface area contributed by atoms with Crippen molar-refractivity contribution in [3.8, 4) is 0 Å². The van der Waals surface area contributed by atoms with Gasteiger partial charge in [-0.1, -0.05) is 54.6 Å². The Bertz CT molecular complexity index is 998. The lowest BCUT2D eigenvalue weighted by atomic mass is 9.78. The van der Waals surface area contributed by atoms with Crippen LogP contribution in [0, 0.1) is 0 Å². The van der Waals surface area contributed by atoms with E-state index in [4.69, 9.17) is 18.8 Å². The van der Waals surface area contributed by atoms with Crippen molar-refractivity contribution in [2.75, 3.05) is 0 Å². The van der Waals surface area contributed by atoms with Gasteiger partial charge in [-0.2, -0.15) is 0 Å². The summed E-state index contributed by atoms with van der Waals surface area (Å²) in [5.41, 5.74) is 0.940. The molecule has 7 nitrogen and oxygen atoms in total. The molecule has 0 spiro atoms. The van der Waals surface area contributed by atoms with Gasteiger partial charge in [-0.05, 0) is 65.1 Å². The smallest absolute Gasteiger partial charge is 0.461 e. The molecule has 8 heteroatoms. The molecule has 0 bridgehead atoms. The van der Waals surface area contributed by atoms with Crippen LogP contribution in [0.4, 0.5) is 4.79 Å². The molecule has 0 unspecified atom stereocenters. The molecule has 188 valence electrons. The van der Waals surface area contributed by atoms with E-state index in [1.165, 1.54) is 0 Å². The van der Waals surface area contributed by atoms with Crippen molar-refractivity contribution in [2.24, 2.45) is 0 Å². The zero-order chi connectivity index (χ0) is 25.9. The van der Waals surface area contributed by atoms with E-state index >= 15 is 0 Å². The summed E-state index contributed by atoms with van der Waals surface area (Å²) in [5.74, 6) is -0.426. The predicted molar refractivity (Wildman–Crippen MR) is 135 cm³/mol. The second-order valence-electron chi connectivity index (χ2n) is 10.8. The number of carbonyl (C=O) groups excluding carboxylic acids is 2. The number of hydrogen-bond donors (Lipinski definition) is 1. The fourth-order valence-corrected chi connectivity index (χ4v) is 3.53. The van der Waals surface area contributed by atoms with Gasteiger partial charge in [0.05, 0.1) is 23.7 Å². The van der Waals surface area contributed by atoms with Gasteiger partial charge in [-0.15, -0.1) is 0 Å². The fraction of sp³-hybridized carbons (Fsp3) is 0.481. The number of hydrogen-bond acceptors (Lipinski definition) is 6. The first-order valence-electron chi connectivity index (χ1n) is 11.9. The third kappa shape index (κ3) is 7.32. The monoisotopic (exact) mass is 481 g/mol. The second kappa shape index (κ2) is 10.4. The summed E-state index contributed by atoms with van der Waals surface area (Å²) in [5, 5.41) is 2.81. The molecule has 0 saturated carbocycles. The van der Waals surface area contributed by atoms with Gasteiger partial charge in [-0.25, -0.2) is 4.79 Å². The Kier molecular flexibility index (Phi) is 7.97. The zero-order valence-corrected chi connectivity index (χ0v) is 21.7. The summed E-state index contributed by atoms with van der Waals surface area (Å²) in [6.45, 7) is 13.5. The van der Waals surface area contributed by atoms with Crippen LogP contribution in [-0.4, -0.2) is 36.0 Å². The molecular formula is C27H36BNO6. The van der Waals surface area contributed by atoms with Gasteiger partial charge in [-0.3, -0.25) is 4.79 Å². The van der Waals surface area contributed by atoms with Gasteiger partial charge < -0.3 is 24.1 Å². The first-order chi connectivity index (χ1) is 16.3. The largest absolute Gasteiger partial charge is 0.494 e. The van der Waals surface area contributed by atoms with E-state index in [0.717, 1.165) is 16.6 Å². The van der Waals surface area contributed by atoms with Crippen molar-refractivity contribution in [3.05, 3.63) is 65.7 Å². The maximum atomic E-state index is 12.6. The van der Waals surface area contributed by atoms with E-state index in [2.05, 4.69) is 5.32 Å². The summed E-state index contributed by atoms with van der Waals surface area (Å²) in [4.78, 5) is 25.1. The Hall–Kier alpha value is -2.84. The molecular weight excluding hydrogens is 445 g/mol. The number of rotatable bonds is 7. The lowest BCUT2D eigenvalue weighted by Crippen LogP contribution is -2.41. The highest BCUT2D eigenvalue weighted by molar-refractivity contribution is 6.62. The van der Waals surface area contributed by atoms with Crippen LogP contribution in [0.3, 0.4) is 0 Å². The van der Waals surface area contributed by atoms with Gasteiger partial charge in [0.25, 0.3) is 0 Å². The molecule has 0 aliphatic carbocycles. The quantitative estimate of drug-likeness (QED) is 0.457. The Morgan fingerprint density at radius 2 is 1.51 bits per heavy atom. The molecule has 3 rings (SSSR count). The fourth-order valence-electron chi connectivity index (χ4n) is 3.53. The zero-order valence-electron chi connectivity index (χ0n) is 21.7. The van der Waals surface area contributed by atoms with Crippen LogP contribution in [-0.2, 0) is 30.2 Å². The normalized spacial score (nSPS) is 17.5. The molecule has 2 aromatic rings. The van der Waals surface area contributed by atoms with Crippen LogP contribution in [0.15, 0.2) is 54.6 Å². The molecule has 1 aliphatic heterocycles. The summed E-state index contributed by atoms with van der Waals surface area (Å²) in [6, 6.07) is 16.3. The second-order valence-corrected chi connectivity index (χ2v) is 10.8. The van der Waals surface area contributed by atoms with Gasteiger partial charge in [0.15, 0.2) is 0 Å². The van der Waals surface area contributed by atoms with E-state index in [9.17, 15) is 9.59 Å². The number of amides is 1. The lowest BCUT2D eigenvalue weighted by Gasteiger charge is -2.32. The minimum absolute atomic E-state index is 0.0398. The van der Waals surface area contributed by atoms with E-state index < -0.39 is 42.0 Å². The van der Waals surface area contributed by atoms with Crippen LogP contribution in [0.5, 0.6) is 0 Å². The average molecular weight is 481 g/mol. The Morgan fingerprint density at radius 3 is 2.06 bits per heavy atom. The molecule has 2 aromatic carbocycles. The van der Waals surface area contributed by atoms with Crippen LogP contribution < -0.4 is 10.8 Å². The van der Waals surface area contributed by atoms with Gasteiger partial charge >= 0.3 is 19.2 Å². The van der Waals surface area contributed by atoms with E-state index in [-0.39, 0.29) is 13.0 Å². The molecule has 1 fully saturated rings. The molecule has 1 heterocycles. The Morgan fingerprint density at radius 1 is 0.943 bits per heavy atom. The molecule has 0 radical (unpaired) electrons. The average Bonchev–Trinajstić information content (AvgIpc) is 2.98. The molecule has 1 atom stereocenters. The standard InChI is InChI=1S/C27H36BNO6/c1-25(2,3)33-24(31)29-22(17-23(30)32-18-19-11-9-8-10-12-19)20-13-15-21(16-14-20)28-34-26(4,5)27(6,7)35-28/h8-16,22H,17-18H2,1-7H3,(H,29,31)/t22-/m0/s1. The van der Waals surface area contributed by atoms with Crippen LogP contribution >= 0.6 is 0 Å². The SMILES string of the molecule is CC(C)(C)OC(=O)N[C@@H](CC(=O)OCc1ccccc1)c1ccc(B2OC(C)(C)C(C)(C)O2)cc1. The van der Waals surface area contributed by atoms with Gasteiger partial charge in [0, 0.05) is 0 Å². The van der Waals surface area contributed by atoms with E-state index in [1.807, 2.05) is 82.3 Å². The molecule has 35 heavy (non-hydrogen) atoms. The highest BCUT2D eigenvalue weighted by Gasteiger charge is 2.51. The Labute approximate surface area is 208 Å². The minimum Gasteiger partial charge on any atom is -0.461 e. The highest BCUT2D eigenvalue weighted by Crippen LogP contribution is 2.36. The maximum Gasteiger partial charge on any atom is 0.494 e. The summed E-state index contributed by atoms with van der Waals surface area (Å²) < 4.78 is 23.1. The topological polar surface area (TPSA) is 83.1 Å². The number of alkyl carbamates (subject to hydrolysis) is 1. The molecule has 1 aliphatic rings. The van der Waals surface area contributed by atoms with Crippen LogP contribution in [0.1, 0.15) is 72.1 Å². The molecule has 1 N–H and O–H groups in total. The van der Waals surface area contributed by atoms with Crippen molar-refractivity contribution in [2.45, 2.75) is 84.3 Å². The third-order valence-corrected chi connectivity index (χ3v) is 6.17. The molecule has 1 amide bonds. The number of nitrogens with one attached hydrogen (secondary N) is 1. The van der Waals surface area contributed by atoms with Gasteiger partial charge in [0.1, 0.15) is 12.2 Å². The number of carbonyl (C=O) groups is 2. The van der Waals surface area contributed by atoms with Crippen molar-refractivity contribution in [1.82, 2.24) is 5.32 Å². The van der Waals surface area contributed by atoms with Crippen molar-refractivity contribution >= 4 is 24.6 Å². The lowest BCUT2D eigenvalue weighted by molar-refractivity contribution is -0.145. The molecule has 0 aromatic heterocycles. The minimum atomic E-state index is -0.664. The van der Waals surface area contributed by atoms with E-state index in [1.54, 1.807) is 20.8 Å². The summed E-state index contributed by atoms with van der Waals surface area (Å²) in [7, 11) is -0.498. The van der Waals surface area contributed by atoms with Crippen LogP contribution in [0.2, 0.25) is 0 Å².